The average molecular weight is 1080 g/mol. The molecule has 406 valence electrons. The van der Waals surface area contributed by atoms with E-state index in [0.717, 1.165) is 0 Å². The van der Waals surface area contributed by atoms with Gasteiger partial charge in [0.1, 0.15) is 0 Å². The number of hydrogen-bond donors (Lipinski definition) is 0. The van der Waals surface area contributed by atoms with Gasteiger partial charge >= 0.3 is 0 Å². The predicted molar refractivity (Wildman–Crippen MR) is 357 cm³/mol. The molecule has 2 aliphatic carbocycles. The summed E-state index contributed by atoms with van der Waals surface area (Å²) in [5.41, 5.74) is 23.2. The van der Waals surface area contributed by atoms with Crippen LogP contribution in [0.3, 0.4) is 0 Å². The molecular formula is C80H75NS. The van der Waals surface area contributed by atoms with Crippen molar-refractivity contribution in [3.63, 3.8) is 0 Å². The number of aryl methyl sites for hydroxylation is 2. The summed E-state index contributed by atoms with van der Waals surface area (Å²) in [6.07, 6.45) is 14.2. The van der Waals surface area contributed by atoms with E-state index in [0.29, 0.717) is 0 Å². The van der Waals surface area contributed by atoms with Gasteiger partial charge in [0, 0.05) is 48.1 Å². The van der Waals surface area contributed by atoms with E-state index in [4.69, 9.17) is 0 Å². The van der Waals surface area contributed by atoms with Crippen LogP contribution in [0.1, 0.15) is 138 Å². The molecule has 1 heterocycles. The van der Waals surface area contributed by atoms with Crippen molar-refractivity contribution in [2.45, 2.75) is 129 Å². The van der Waals surface area contributed by atoms with Crippen LogP contribution in [0.25, 0.3) is 97.0 Å². The molecule has 0 atom stereocenters. The second-order valence-electron chi connectivity index (χ2n) is 24.4. The minimum atomic E-state index is -0.0313. The van der Waals surface area contributed by atoms with E-state index < -0.39 is 0 Å². The van der Waals surface area contributed by atoms with Gasteiger partial charge in [-0.15, -0.1) is 11.3 Å². The SMILES string of the molecule is CCCCC1(CCCC)c2cc(C)ccc2-c2ccc(N(c3ccc4c(c3)C(CCCC)(CCCC)c3cc(C)ccc3-4)c3ccc4cc(-c5c6ccccc6c(-c6ccc7c(c6)sc6ccccc67)c6ccccc56)ccc4c3)cc21. The first-order valence-electron chi connectivity index (χ1n) is 31.0. The standard InChI is InChI=1S/C80H75NS/c1-7-11-41-79(42-12-8-2)71-45-52(5)27-36-61(71)63-39-34-59(50-73(63)79)81(60-35-40-64-62-37-28-53(6)46-72(62)80(43-13-9-3,44-14-10-4)74(64)51-60)58-33-31-54-47-56(30-29-55(54)48-58)77-67-22-15-17-24-69(67)78(70-25-18-16-23-68(70)77)57-32-38-66-65-21-19-20-26-75(65)82-76(66)49-57/h15-40,45-51H,7-14,41-44H2,1-6H3. The van der Waals surface area contributed by atoms with Crippen molar-refractivity contribution in [2.75, 3.05) is 4.90 Å². The number of nitrogens with zero attached hydrogens (tertiary/aromatic N) is 1. The van der Waals surface area contributed by atoms with E-state index in [9.17, 15) is 0 Å². The Morgan fingerprint density at radius 1 is 0.329 bits per heavy atom. The van der Waals surface area contributed by atoms with Crippen LogP contribution in [-0.2, 0) is 10.8 Å². The molecular weight excluding hydrogens is 1010 g/mol. The van der Waals surface area contributed by atoms with Crippen LogP contribution in [0.4, 0.5) is 17.1 Å². The number of anilines is 3. The lowest BCUT2D eigenvalue weighted by Gasteiger charge is -2.35. The van der Waals surface area contributed by atoms with Gasteiger partial charge in [0.15, 0.2) is 0 Å². The fourth-order valence-electron chi connectivity index (χ4n) is 15.3. The molecule has 0 radical (unpaired) electrons. The molecule has 0 saturated heterocycles. The fourth-order valence-corrected chi connectivity index (χ4v) is 16.5. The van der Waals surface area contributed by atoms with Crippen molar-refractivity contribution in [3.8, 4) is 44.5 Å². The molecule has 0 aliphatic heterocycles. The molecule has 82 heavy (non-hydrogen) atoms. The highest BCUT2D eigenvalue weighted by atomic mass is 32.1. The van der Waals surface area contributed by atoms with Gasteiger partial charge in [-0.2, -0.15) is 0 Å². The summed E-state index contributed by atoms with van der Waals surface area (Å²) in [6.45, 7) is 14.0. The second kappa shape index (κ2) is 21.2. The fraction of sp³-hybridized carbons (Fsp3) is 0.250. The predicted octanol–water partition coefficient (Wildman–Crippen LogP) is 24.2. The Kier molecular flexibility index (Phi) is 13.5. The average Bonchev–Trinajstić information content (AvgIpc) is 2.20. The van der Waals surface area contributed by atoms with Crippen LogP contribution in [0.2, 0.25) is 0 Å². The molecule has 11 aromatic carbocycles. The van der Waals surface area contributed by atoms with Crippen LogP contribution in [0, 0.1) is 13.8 Å². The van der Waals surface area contributed by atoms with E-state index in [1.165, 1.54) is 213 Å². The summed E-state index contributed by atoms with van der Waals surface area (Å²) in [5, 5.41) is 10.3. The second-order valence-corrected chi connectivity index (χ2v) is 25.5. The van der Waals surface area contributed by atoms with Crippen LogP contribution >= 0.6 is 11.3 Å². The highest BCUT2D eigenvalue weighted by molar-refractivity contribution is 7.25. The summed E-state index contributed by atoms with van der Waals surface area (Å²) in [4.78, 5) is 2.63. The van der Waals surface area contributed by atoms with Gasteiger partial charge in [-0.25, -0.2) is 0 Å². The van der Waals surface area contributed by atoms with Gasteiger partial charge in [-0.05, 0) is 193 Å². The third-order valence-corrected chi connectivity index (χ3v) is 20.4. The summed E-state index contributed by atoms with van der Waals surface area (Å²) in [6, 6.07) is 78.4. The highest BCUT2D eigenvalue weighted by Gasteiger charge is 2.44. The van der Waals surface area contributed by atoms with Crippen LogP contribution < -0.4 is 4.90 Å². The van der Waals surface area contributed by atoms with E-state index >= 15 is 0 Å². The molecule has 1 aromatic heterocycles. The minimum absolute atomic E-state index is 0.0313. The molecule has 1 nitrogen and oxygen atoms in total. The monoisotopic (exact) mass is 1080 g/mol. The first-order chi connectivity index (χ1) is 40.2. The maximum atomic E-state index is 2.64. The molecule has 0 saturated carbocycles. The van der Waals surface area contributed by atoms with E-state index in [1.54, 1.807) is 11.1 Å². The van der Waals surface area contributed by atoms with Crippen molar-refractivity contribution in [1.82, 2.24) is 0 Å². The summed E-state index contributed by atoms with van der Waals surface area (Å²) in [5.74, 6) is 0. The molecule has 0 bridgehead atoms. The molecule has 0 unspecified atom stereocenters. The van der Waals surface area contributed by atoms with E-state index in [2.05, 4.69) is 247 Å². The van der Waals surface area contributed by atoms with Crippen molar-refractivity contribution in [1.29, 1.82) is 0 Å². The van der Waals surface area contributed by atoms with Gasteiger partial charge in [-0.1, -0.05) is 236 Å². The zero-order valence-corrected chi connectivity index (χ0v) is 49.7. The first kappa shape index (κ1) is 52.3. The largest absolute Gasteiger partial charge is 0.310 e. The Morgan fingerprint density at radius 2 is 0.707 bits per heavy atom. The normalized spacial score (nSPS) is 13.8. The molecule has 12 aromatic rings. The maximum absolute atomic E-state index is 2.64. The minimum Gasteiger partial charge on any atom is -0.310 e. The van der Waals surface area contributed by atoms with Crippen molar-refractivity contribution in [3.05, 3.63) is 234 Å². The lowest BCUT2D eigenvalue weighted by molar-refractivity contribution is 0.414. The Bertz CT molecular complexity index is 4250. The van der Waals surface area contributed by atoms with Crippen LogP contribution in [0.5, 0.6) is 0 Å². The van der Waals surface area contributed by atoms with Crippen molar-refractivity contribution < 1.29 is 0 Å². The van der Waals surface area contributed by atoms with Gasteiger partial charge in [-0.3, -0.25) is 0 Å². The van der Waals surface area contributed by atoms with Crippen LogP contribution in [-0.4, -0.2) is 0 Å². The lowest BCUT2D eigenvalue weighted by atomic mass is 9.70. The number of unbranched alkanes of at least 4 members (excludes halogenated alkanes) is 4. The lowest BCUT2D eigenvalue weighted by Crippen LogP contribution is -2.26. The highest BCUT2D eigenvalue weighted by Crippen LogP contribution is 2.59. The Morgan fingerprint density at radius 3 is 1.21 bits per heavy atom. The van der Waals surface area contributed by atoms with E-state index in [1.807, 2.05) is 11.3 Å². The van der Waals surface area contributed by atoms with Gasteiger partial charge in [0.05, 0.1) is 0 Å². The third kappa shape index (κ3) is 8.45. The summed E-state index contributed by atoms with van der Waals surface area (Å²) < 4.78 is 2.67. The molecule has 0 fully saturated rings. The first-order valence-corrected chi connectivity index (χ1v) is 31.8. The summed E-state index contributed by atoms with van der Waals surface area (Å²) in [7, 11) is 0. The Balaban J connectivity index is 0.942. The van der Waals surface area contributed by atoms with Gasteiger partial charge < -0.3 is 4.90 Å². The quantitative estimate of drug-likeness (QED) is 0.0822. The third-order valence-electron chi connectivity index (χ3n) is 19.3. The molecule has 0 spiro atoms. The van der Waals surface area contributed by atoms with Gasteiger partial charge in [0.2, 0.25) is 0 Å². The Hall–Kier alpha value is -7.78. The molecule has 0 N–H and O–H groups in total. The molecule has 2 heteroatoms. The molecule has 0 amide bonds. The number of hydrogen-bond acceptors (Lipinski definition) is 2. The van der Waals surface area contributed by atoms with Crippen molar-refractivity contribution >= 4 is 80.9 Å². The molecule has 2 aliphatic rings. The van der Waals surface area contributed by atoms with Gasteiger partial charge in [0.25, 0.3) is 0 Å². The number of rotatable bonds is 17. The zero-order valence-electron chi connectivity index (χ0n) is 48.9. The smallest absolute Gasteiger partial charge is 0.0468 e. The number of fused-ring (bicyclic) bond motifs is 12. The number of thiophene rings is 1. The zero-order chi connectivity index (χ0) is 55.7. The maximum Gasteiger partial charge on any atom is 0.0468 e. The topological polar surface area (TPSA) is 3.24 Å². The Labute approximate surface area is 490 Å². The van der Waals surface area contributed by atoms with Crippen LogP contribution in [0.15, 0.2) is 200 Å². The van der Waals surface area contributed by atoms with E-state index in [-0.39, 0.29) is 10.8 Å². The molecule has 14 rings (SSSR count). The van der Waals surface area contributed by atoms with Crippen molar-refractivity contribution in [2.24, 2.45) is 0 Å². The number of benzene rings is 11. The summed E-state index contributed by atoms with van der Waals surface area (Å²) >= 11 is 1.89.